The highest BCUT2D eigenvalue weighted by atomic mass is 32.2. The quantitative estimate of drug-likeness (QED) is 0.832. The molecule has 0 unspecified atom stereocenters. The highest BCUT2D eigenvalue weighted by Crippen LogP contribution is 2.20. The van der Waals surface area contributed by atoms with Crippen molar-refractivity contribution < 1.29 is 13.5 Å². The molecular weight excluding hydrogens is 240 g/mol. The van der Waals surface area contributed by atoms with Crippen LogP contribution in [0.15, 0.2) is 29.4 Å². The van der Waals surface area contributed by atoms with Gasteiger partial charge in [-0.05, 0) is 37.8 Å². The third-order valence-corrected chi connectivity index (χ3v) is 4.47. The lowest BCUT2D eigenvalue weighted by molar-refractivity contribution is 0.120. The fourth-order valence-corrected chi connectivity index (χ4v) is 3.26. The first kappa shape index (κ1) is 12.5. The molecule has 1 aliphatic rings. The van der Waals surface area contributed by atoms with Crippen LogP contribution in [0.1, 0.15) is 25.7 Å². The second kappa shape index (κ2) is 5.12. The normalized spacial score (nSPS) is 25.7. The van der Waals surface area contributed by atoms with Crippen LogP contribution in [0.25, 0.3) is 0 Å². The SMILES string of the molecule is O=S(=O)(NC1CCC(O)CC1)c1cccnc1. The van der Waals surface area contributed by atoms with Crippen LogP contribution in [0.2, 0.25) is 0 Å². The Morgan fingerprint density at radius 1 is 1.29 bits per heavy atom. The number of aromatic nitrogens is 1. The Labute approximate surface area is 101 Å². The Morgan fingerprint density at radius 3 is 2.59 bits per heavy atom. The summed E-state index contributed by atoms with van der Waals surface area (Å²) in [6, 6.07) is 3.04. The molecule has 1 aromatic rings. The van der Waals surface area contributed by atoms with Gasteiger partial charge in [-0.15, -0.1) is 0 Å². The third-order valence-electron chi connectivity index (χ3n) is 2.96. The maximum Gasteiger partial charge on any atom is 0.242 e. The number of aliphatic hydroxyl groups is 1. The zero-order valence-corrected chi connectivity index (χ0v) is 10.2. The van der Waals surface area contributed by atoms with Crippen molar-refractivity contribution >= 4 is 10.0 Å². The molecule has 6 heteroatoms. The van der Waals surface area contributed by atoms with Crippen molar-refractivity contribution in [3.63, 3.8) is 0 Å². The number of nitrogens with zero attached hydrogens (tertiary/aromatic N) is 1. The maximum absolute atomic E-state index is 12.0. The number of hydrogen-bond donors (Lipinski definition) is 2. The van der Waals surface area contributed by atoms with Crippen LogP contribution in [0.4, 0.5) is 0 Å². The maximum atomic E-state index is 12.0. The van der Waals surface area contributed by atoms with E-state index in [1.807, 2.05) is 0 Å². The second-order valence-electron chi connectivity index (χ2n) is 4.32. The summed E-state index contributed by atoms with van der Waals surface area (Å²) >= 11 is 0. The lowest BCUT2D eigenvalue weighted by Crippen LogP contribution is -2.38. The molecule has 0 aromatic carbocycles. The van der Waals surface area contributed by atoms with E-state index in [-0.39, 0.29) is 17.0 Å². The molecule has 1 aliphatic carbocycles. The van der Waals surface area contributed by atoms with E-state index in [0.29, 0.717) is 25.7 Å². The van der Waals surface area contributed by atoms with E-state index in [1.54, 1.807) is 6.07 Å². The summed E-state index contributed by atoms with van der Waals surface area (Å²) in [6.07, 6.45) is 5.26. The second-order valence-corrected chi connectivity index (χ2v) is 6.03. The van der Waals surface area contributed by atoms with Gasteiger partial charge in [0.25, 0.3) is 0 Å². The van der Waals surface area contributed by atoms with E-state index in [0.717, 1.165) is 0 Å². The van der Waals surface area contributed by atoms with Crippen LogP contribution in [-0.2, 0) is 10.0 Å². The molecule has 0 bridgehead atoms. The van der Waals surface area contributed by atoms with Gasteiger partial charge >= 0.3 is 0 Å². The monoisotopic (exact) mass is 256 g/mol. The first-order valence-corrected chi connectivity index (χ1v) is 7.17. The standard InChI is InChI=1S/C11H16N2O3S/c14-10-5-3-9(4-6-10)13-17(15,16)11-2-1-7-12-8-11/h1-2,7-10,13-14H,3-6H2. The van der Waals surface area contributed by atoms with Gasteiger partial charge in [0.15, 0.2) is 0 Å². The van der Waals surface area contributed by atoms with Crippen LogP contribution in [0.3, 0.4) is 0 Å². The lowest BCUT2D eigenvalue weighted by atomic mass is 9.94. The summed E-state index contributed by atoms with van der Waals surface area (Å²) < 4.78 is 26.6. The molecule has 1 aromatic heterocycles. The van der Waals surface area contributed by atoms with Crippen LogP contribution >= 0.6 is 0 Å². The minimum Gasteiger partial charge on any atom is -0.393 e. The first-order chi connectivity index (χ1) is 8.08. The zero-order chi connectivity index (χ0) is 12.3. The van der Waals surface area contributed by atoms with E-state index in [4.69, 9.17) is 0 Å². The van der Waals surface area contributed by atoms with E-state index in [1.165, 1.54) is 18.5 Å². The molecule has 1 saturated carbocycles. The molecule has 0 aliphatic heterocycles. The predicted octanol–water partition coefficient (Wildman–Crippen LogP) is 0.663. The highest BCUT2D eigenvalue weighted by Gasteiger charge is 2.24. The fraction of sp³-hybridized carbons (Fsp3) is 0.545. The smallest absolute Gasteiger partial charge is 0.242 e. The Morgan fingerprint density at radius 2 is 2.00 bits per heavy atom. The van der Waals surface area contributed by atoms with Gasteiger partial charge in [-0.3, -0.25) is 4.98 Å². The average molecular weight is 256 g/mol. The summed E-state index contributed by atoms with van der Waals surface area (Å²) in [5.74, 6) is 0. The predicted molar refractivity (Wildman–Crippen MR) is 62.8 cm³/mol. The van der Waals surface area contributed by atoms with Crippen molar-refractivity contribution in [1.82, 2.24) is 9.71 Å². The van der Waals surface area contributed by atoms with E-state index in [2.05, 4.69) is 9.71 Å². The van der Waals surface area contributed by atoms with Crippen LogP contribution in [-0.4, -0.2) is 30.7 Å². The minimum atomic E-state index is -3.47. The lowest BCUT2D eigenvalue weighted by Gasteiger charge is -2.25. The molecule has 1 heterocycles. The average Bonchev–Trinajstić information content (AvgIpc) is 2.33. The number of rotatable bonds is 3. The summed E-state index contributed by atoms with van der Waals surface area (Å²) in [5, 5.41) is 9.36. The largest absolute Gasteiger partial charge is 0.393 e. The third kappa shape index (κ3) is 3.24. The molecule has 0 spiro atoms. The summed E-state index contributed by atoms with van der Waals surface area (Å²) in [7, 11) is -3.47. The fourth-order valence-electron chi connectivity index (χ4n) is 1.99. The van der Waals surface area contributed by atoms with Gasteiger partial charge in [-0.2, -0.15) is 0 Å². The molecule has 0 amide bonds. The minimum absolute atomic E-state index is 0.0800. The zero-order valence-electron chi connectivity index (χ0n) is 9.41. The van der Waals surface area contributed by atoms with E-state index >= 15 is 0 Å². The van der Waals surface area contributed by atoms with Crippen molar-refractivity contribution in [3.05, 3.63) is 24.5 Å². The van der Waals surface area contributed by atoms with Gasteiger partial charge in [0.2, 0.25) is 10.0 Å². The number of hydrogen-bond acceptors (Lipinski definition) is 4. The number of sulfonamides is 1. The number of pyridine rings is 1. The number of nitrogens with one attached hydrogen (secondary N) is 1. The molecular formula is C11H16N2O3S. The molecule has 5 nitrogen and oxygen atoms in total. The van der Waals surface area contributed by atoms with Crippen LogP contribution in [0, 0.1) is 0 Å². The Hall–Kier alpha value is -0.980. The van der Waals surface area contributed by atoms with E-state index < -0.39 is 10.0 Å². The van der Waals surface area contributed by atoms with Gasteiger partial charge in [0.1, 0.15) is 4.90 Å². The van der Waals surface area contributed by atoms with Crippen molar-refractivity contribution in [2.75, 3.05) is 0 Å². The van der Waals surface area contributed by atoms with Crippen molar-refractivity contribution in [2.24, 2.45) is 0 Å². The van der Waals surface area contributed by atoms with Gasteiger partial charge in [0.05, 0.1) is 6.10 Å². The molecule has 0 atom stereocenters. The highest BCUT2D eigenvalue weighted by molar-refractivity contribution is 7.89. The van der Waals surface area contributed by atoms with Gasteiger partial charge in [-0.1, -0.05) is 0 Å². The van der Waals surface area contributed by atoms with Crippen molar-refractivity contribution in [3.8, 4) is 0 Å². The molecule has 17 heavy (non-hydrogen) atoms. The Kier molecular flexibility index (Phi) is 3.76. The summed E-state index contributed by atoms with van der Waals surface area (Å²) in [6.45, 7) is 0. The molecule has 94 valence electrons. The van der Waals surface area contributed by atoms with E-state index in [9.17, 15) is 13.5 Å². The first-order valence-electron chi connectivity index (χ1n) is 5.68. The Balaban J connectivity index is 2.03. The summed E-state index contributed by atoms with van der Waals surface area (Å²) in [5.41, 5.74) is 0. The molecule has 0 radical (unpaired) electrons. The molecule has 2 rings (SSSR count). The van der Waals surface area contributed by atoms with Crippen LogP contribution < -0.4 is 4.72 Å². The summed E-state index contributed by atoms with van der Waals surface area (Å²) in [4.78, 5) is 3.98. The molecule has 0 saturated heterocycles. The molecule has 1 fully saturated rings. The van der Waals surface area contributed by atoms with Gasteiger partial charge in [0, 0.05) is 18.4 Å². The number of aliphatic hydroxyl groups excluding tert-OH is 1. The topological polar surface area (TPSA) is 79.3 Å². The molecule has 2 N–H and O–H groups in total. The van der Waals surface area contributed by atoms with Crippen molar-refractivity contribution in [2.45, 2.75) is 42.7 Å². The van der Waals surface area contributed by atoms with Gasteiger partial charge in [-0.25, -0.2) is 13.1 Å². The Bertz CT molecular complexity index is 453. The van der Waals surface area contributed by atoms with Gasteiger partial charge < -0.3 is 5.11 Å². The van der Waals surface area contributed by atoms with Crippen molar-refractivity contribution in [1.29, 1.82) is 0 Å². The van der Waals surface area contributed by atoms with Crippen LogP contribution in [0.5, 0.6) is 0 Å².